The summed E-state index contributed by atoms with van der Waals surface area (Å²) in [6.45, 7) is 3.42. The molecule has 0 heterocycles. The van der Waals surface area contributed by atoms with Crippen molar-refractivity contribution in [1.29, 1.82) is 0 Å². The molecule has 4 heteroatoms. The average molecular weight is 365 g/mol. The van der Waals surface area contributed by atoms with Gasteiger partial charge in [-0.3, -0.25) is 0 Å². The monoisotopic (exact) mass is 364 g/mol. The summed E-state index contributed by atoms with van der Waals surface area (Å²) in [7, 11) is 1.65. The van der Waals surface area contributed by atoms with Gasteiger partial charge in [-0.2, -0.15) is 0 Å². The molecule has 0 spiro atoms. The molecule has 0 aliphatic heterocycles. The van der Waals surface area contributed by atoms with Crippen LogP contribution in [0.2, 0.25) is 0 Å². The van der Waals surface area contributed by atoms with Crippen LogP contribution in [0.25, 0.3) is 0 Å². The number of halogens is 1. The van der Waals surface area contributed by atoms with E-state index in [1.54, 1.807) is 7.11 Å². The number of unbranched alkanes of at least 4 members (excludes halogenated alkanes) is 1. The average Bonchev–Trinajstić information content (AvgIpc) is 2.52. The number of hydrogen-bond acceptors (Lipinski definition) is 3. The molecule has 0 saturated heterocycles. The van der Waals surface area contributed by atoms with E-state index in [0.29, 0.717) is 13.2 Å². The van der Waals surface area contributed by atoms with Gasteiger partial charge in [0, 0.05) is 6.07 Å². The van der Waals surface area contributed by atoms with Crippen molar-refractivity contribution >= 4 is 15.9 Å². The molecule has 2 rings (SSSR count). The minimum atomic E-state index is 0.672. The molecule has 0 fully saturated rings. The molecular weight excluding hydrogens is 344 g/mol. The Morgan fingerprint density at radius 1 is 0.909 bits per heavy atom. The van der Waals surface area contributed by atoms with Gasteiger partial charge in [-0.15, -0.1) is 0 Å². The van der Waals surface area contributed by atoms with Crippen molar-refractivity contribution in [2.45, 2.75) is 19.8 Å². The quantitative estimate of drug-likeness (QED) is 0.616. The Balaban J connectivity index is 1.65. The fraction of sp³-hybridized carbons (Fsp3) is 0.333. The van der Waals surface area contributed by atoms with E-state index in [0.717, 1.165) is 34.6 Å². The molecule has 118 valence electrons. The van der Waals surface area contributed by atoms with E-state index in [4.69, 9.17) is 14.2 Å². The number of rotatable bonds is 8. The van der Waals surface area contributed by atoms with Crippen LogP contribution in [-0.2, 0) is 0 Å². The van der Waals surface area contributed by atoms with E-state index < -0.39 is 0 Å². The maximum Gasteiger partial charge on any atom is 0.133 e. The van der Waals surface area contributed by atoms with Crippen LogP contribution in [0.5, 0.6) is 17.2 Å². The Kier molecular flexibility index (Phi) is 6.59. The van der Waals surface area contributed by atoms with Crippen molar-refractivity contribution in [3.63, 3.8) is 0 Å². The first kappa shape index (κ1) is 16.7. The fourth-order valence-corrected chi connectivity index (χ4v) is 2.60. The summed E-state index contributed by atoms with van der Waals surface area (Å²) in [4.78, 5) is 0. The van der Waals surface area contributed by atoms with Crippen molar-refractivity contribution in [1.82, 2.24) is 0 Å². The second-order valence-corrected chi connectivity index (χ2v) is 5.87. The number of aryl methyl sites for hydroxylation is 1. The fourth-order valence-electron chi connectivity index (χ4n) is 1.99. The van der Waals surface area contributed by atoms with Gasteiger partial charge in [0.05, 0.1) is 24.8 Å². The van der Waals surface area contributed by atoms with Gasteiger partial charge in [0.2, 0.25) is 0 Å². The second-order valence-electron chi connectivity index (χ2n) is 5.02. The Bertz CT molecular complexity index is 599. The smallest absolute Gasteiger partial charge is 0.133 e. The highest BCUT2D eigenvalue weighted by Gasteiger charge is 2.01. The zero-order chi connectivity index (χ0) is 15.8. The summed E-state index contributed by atoms with van der Waals surface area (Å²) in [5.74, 6) is 2.53. The van der Waals surface area contributed by atoms with Crippen molar-refractivity contribution in [2.75, 3.05) is 20.3 Å². The van der Waals surface area contributed by atoms with Crippen LogP contribution in [0.4, 0.5) is 0 Å². The highest BCUT2D eigenvalue weighted by atomic mass is 79.9. The lowest BCUT2D eigenvalue weighted by atomic mass is 10.2. The largest absolute Gasteiger partial charge is 0.497 e. The minimum absolute atomic E-state index is 0.672. The third kappa shape index (κ3) is 5.26. The predicted molar refractivity (Wildman–Crippen MR) is 92.1 cm³/mol. The molecule has 3 nitrogen and oxygen atoms in total. The lowest BCUT2D eigenvalue weighted by Gasteiger charge is -2.10. The lowest BCUT2D eigenvalue weighted by Crippen LogP contribution is -2.03. The Hall–Kier alpha value is -1.68. The molecule has 0 aromatic heterocycles. The summed E-state index contributed by atoms with van der Waals surface area (Å²) in [6.07, 6.45) is 1.89. The van der Waals surface area contributed by atoms with Crippen molar-refractivity contribution in [3.8, 4) is 17.2 Å². The van der Waals surface area contributed by atoms with Crippen LogP contribution in [0.15, 0.2) is 46.9 Å². The summed E-state index contributed by atoms with van der Waals surface area (Å²) in [5, 5.41) is 0. The first-order chi connectivity index (χ1) is 10.7. The topological polar surface area (TPSA) is 27.7 Å². The molecule has 0 amide bonds. The van der Waals surface area contributed by atoms with Gasteiger partial charge in [0.1, 0.15) is 17.2 Å². The molecule has 0 aliphatic carbocycles. The van der Waals surface area contributed by atoms with Crippen LogP contribution < -0.4 is 14.2 Å². The predicted octanol–water partition coefficient (Wildman–Crippen LogP) is 5.00. The van der Waals surface area contributed by atoms with E-state index in [2.05, 4.69) is 28.9 Å². The highest BCUT2D eigenvalue weighted by molar-refractivity contribution is 9.10. The van der Waals surface area contributed by atoms with Crippen LogP contribution in [0.3, 0.4) is 0 Å². The van der Waals surface area contributed by atoms with E-state index in [1.165, 1.54) is 5.56 Å². The van der Waals surface area contributed by atoms with Gasteiger partial charge < -0.3 is 14.2 Å². The third-order valence-corrected chi connectivity index (χ3v) is 3.81. The molecule has 22 heavy (non-hydrogen) atoms. The van der Waals surface area contributed by atoms with Gasteiger partial charge in [-0.25, -0.2) is 0 Å². The van der Waals surface area contributed by atoms with E-state index >= 15 is 0 Å². The summed E-state index contributed by atoms with van der Waals surface area (Å²) >= 11 is 3.51. The highest BCUT2D eigenvalue weighted by Crippen LogP contribution is 2.25. The van der Waals surface area contributed by atoms with E-state index in [9.17, 15) is 0 Å². The maximum absolute atomic E-state index is 5.76. The molecule has 0 bridgehead atoms. The molecule has 0 aliphatic rings. The van der Waals surface area contributed by atoms with Gasteiger partial charge in [0.25, 0.3) is 0 Å². The lowest BCUT2D eigenvalue weighted by molar-refractivity contribution is 0.265. The number of ether oxygens (including phenoxy) is 3. The Labute approximate surface area is 140 Å². The van der Waals surface area contributed by atoms with Crippen LogP contribution in [0.1, 0.15) is 18.4 Å². The molecule has 2 aromatic carbocycles. The first-order valence-electron chi connectivity index (χ1n) is 7.35. The molecule has 0 radical (unpaired) electrons. The summed E-state index contributed by atoms with van der Waals surface area (Å²) in [6, 6.07) is 13.7. The number of hydrogen-bond donors (Lipinski definition) is 0. The van der Waals surface area contributed by atoms with Crippen LogP contribution in [0, 0.1) is 6.92 Å². The SMILES string of the molecule is COc1cccc(OCCCCOc2ccc(C)cc2Br)c1. The van der Waals surface area contributed by atoms with Crippen LogP contribution in [-0.4, -0.2) is 20.3 Å². The normalized spacial score (nSPS) is 10.3. The molecule has 0 atom stereocenters. The van der Waals surface area contributed by atoms with Gasteiger partial charge in [-0.1, -0.05) is 12.1 Å². The Morgan fingerprint density at radius 2 is 1.64 bits per heavy atom. The van der Waals surface area contributed by atoms with E-state index in [-0.39, 0.29) is 0 Å². The zero-order valence-electron chi connectivity index (χ0n) is 13.0. The molecule has 0 unspecified atom stereocenters. The first-order valence-corrected chi connectivity index (χ1v) is 8.14. The molecule has 0 N–H and O–H groups in total. The maximum atomic E-state index is 5.76. The summed E-state index contributed by atoms with van der Waals surface area (Å²) in [5.41, 5.74) is 1.21. The van der Waals surface area contributed by atoms with Crippen molar-refractivity contribution in [3.05, 3.63) is 52.5 Å². The number of benzene rings is 2. The third-order valence-electron chi connectivity index (χ3n) is 3.19. The number of methoxy groups -OCH3 is 1. The van der Waals surface area contributed by atoms with Gasteiger partial charge in [0.15, 0.2) is 0 Å². The molecule has 2 aromatic rings. The second kappa shape index (κ2) is 8.69. The van der Waals surface area contributed by atoms with Crippen molar-refractivity contribution in [2.24, 2.45) is 0 Å². The molecule has 0 saturated carbocycles. The van der Waals surface area contributed by atoms with Gasteiger partial charge in [-0.05, 0) is 65.5 Å². The van der Waals surface area contributed by atoms with Crippen LogP contribution >= 0.6 is 15.9 Å². The summed E-state index contributed by atoms with van der Waals surface area (Å²) < 4.78 is 17.6. The van der Waals surface area contributed by atoms with Gasteiger partial charge >= 0.3 is 0 Å². The zero-order valence-corrected chi connectivity index (χ0v) is 14.6. The minimum Gasteiger partial charge on any atom is -0.497 e. The van der Waals surface area contributed by atoms with E-state index in [1.807, 2.05) is 36.4 Å². The molecular formula is C18H21BrO3. The Morgan fingerprint density at radius 3 is 2.36 bits per heavy atom. The van der Waals surface area contributed by atoms with Crippen molar-refractivity contribution < 1.29 is 14.2 Å². The standard InChI is InChI=1S/C18H21BrO3/c1-14-8-9-18(17(19)12-14)22-11-4-3-10-21-16-7-5-6-15(13-16)20-2/h5-9,12-13H,3-4,10-11H2,1-2H3.